The van der Waals surface area contributed by atoms with E-state index in [1.807, 2.05) is 6.07 Å². The van der Waals surface area contributed by atoms with Gasteiger partial charge in [0, 0.05) is 42.9 Å². The Bertz CT molecular complexity index is 725. The molecule has 6 heteroatoms. The zero-order chi connectivity index (χ0) is 14.2. The molecule has 1 atom stereocenters. The minimum atomic E-state index is -3.51. The summed E-state index contributed by atoms with van der Waals surface area (Å²) in [6.07, 6.45) is 3.97. The Morgan fingerprint density at radius 3 is 2.95 bits per heavy atom. The number of hydrogen-bond acceptors (Lipinski definition) is 4. The Balaban J connectivity index is 2.06. The van der Waals surface area contributed by atoms with E-state index in [1.165, 1.54) is 4.31 Å². The second-order valence-electron chi connectivity index (χ2n) is 5.05. The molecule has 1 aromatic carbocycles. The highest BCUT2D eigenvalue weighted by molar-refractivity contribution is 7.89. The van der Waals surface area contributed by atoms with Crippen molar-refractivity contribution in [3.63, 3.8) is 0 Å². The maximum absolute atomic E-state index is 12.7. The maximum Gasteiger partial charge on any atom is 0.243 e. The number of aliphatic hydroxyl groups excluding tert-OH is 1. The van der Waals surface area contributed by atoms with E-state index in [1.54, 1.807) is 30.6 Å². The van der Waals surface area contributed by atoms with Gasteiger partial charge in [0.2, 0.25) is 10.0 Å². The van der Waals surface area contributed by atoms with Crippen molar-refractivity contribution < 1.29 is 13.5 Å². The van der Waals surface area contributed by atoms with E-state index in [9.17, 15) is 8.42 Å². The van der Waals surface area contributed by atoms with Crippen molar-refractivity contribution in [2.24, 2.45) is 5.92 Å². The van der Waals surface area contributed by atoms with Gasteiger partial charge >= 0.3 is 0 Å². The zero-order valence-corrected chi connectivity index (χ0v) is 11.8. The predicted octanol–water partition coefficient (Wildman–Crippen LogP) is 1.24. The van der Waals surface area contributed by atoms with Gasteiger partial charge in [0.1, 0.15) is 0 Å². The van der Waals surface area contributed by atoms with Crippen molar-refractivity contribution in [1.82, 2.24) is 9.29 Å². The lowest BCUT2D eigenvalue weighted by Crippen LogP contribution is -2.29. The van der Waals surface area contributed by atoms with Gasteiger partial charge in [-0.05, 0) is 24.5 Å². The van der Waals surface area contributed by atoms with Crippen LogP contribution in [0.2, 0.25) is 0 Å². The van der Waals surface area contributed by atoms with Crippen LogP contribution in [0.4, 0.5) is 0 Å². The predicted molar refractivity (Wildman–Crippen MR) is 75.7 cm³/mol. The van der Waals surface area contributed by atoms with Crippen LogP contribution in [0.1, 0.15) is 6.42 Å². The van der Waals surface area contributed by atoms with Gasteiger partial charge in [0.25, 0.3) is 0 Å². The van der Waals surface area contributed by atoms with Gasteiger partial charge < -0.3 is 5.11 Å². The highest BCUT2D eigenvalue weighted by Gasteiger charge is 2.32. The van der Waals surface area contributed by atoms with E-state index >= 15 is 0 Å². The second kappa shape index (κ2) is 5.12. The summed E-state index contributed by atoms with van der Waals surface area (Å²) in [6.45, 7) is 0.890. The van der Waals surface area contributed by atoms with Crippen LogP contribution in [-0.4, -0.2) is 42.5 Å². The van der Waals surface area contributed by atoms with Crippen LogP contribution in [0.15, 0.2) is 41.6 Å². The molecule has 1 unspecified atom stereocenters. The summed E-state index contributed by atoms with van der Waals surface area (Å²) in [6, 6.07) is 6.93. The largest absolute Gasteiger partial charge is 0.396 e. The van der Waals surface area contributed by atoms with E-state index in [2.05, 4.69) is 4.98 Å². The van der Waals surface area contributed by atoms with Crippen molar-refractivity contribution in [3.05, 3.63) is 36.7 Å². The van der Waals surface area contributed by atoms with Crippen LogP contribution in [-0.2, 0) is 10.0 Å². The molecule has 0 bridgehead atoms. The Hall–Kier alpha value is -1.50. The molecule has 1 aliphatic heterocycles. The second-order valence-corrected chi connectivity index (χ2v) is 6.96. The molecule has 106 valence electrons. The van der Waals surface area contributed by atoms with Crippen LogP contribution in [0, 0.1) is 5.92 Å². The van der Waals surface area contributed by atoms with Crippen LogP contribution in [0.25, 0.3) is 10.8 Å². The minimum Gasteiger partial charge on any atom is -0.396 e. The smallest absolute Gasteiger partial charge is 0.243 e. The number of fused-ring (bicyclic) bond motifs is 1. The van der Waals surface area contributed by atoms with E-state index in [4.69, 9.17) is 5.11 Å². The third-order valence-corrected chi connectivity index (χ3v) is 5.69. The van der Waals surface area contributed by atoms with Crippen molar-refractivity contribution >= 4 is 20.8 Å². The highest BCUT2D eigenvalue weighted by Crippen LogP contribution is 2.28. The Labute approximate surface area is 117 Å². The standard InChI is InChI=1S/C14H16N2O3S/c17-10-11-5-7-16(9-11)20(18,19)14-3-1-2-12-8-15-6-4-13(12)14/h1-4,6,8,11,17H,5,7,9-10H2. The Kier molecular flexibility index (Phi) is 3.45. The van der Waals surface area contributed by atoms with Crippen molar-refractivity contribution in [2.75, 3.05) is 19.7 Å². The van der Waals surface area contributed by atoms with E-state index in [0.29, 0.717) is 29.8 Å². The third kappa shape index (κ3) is 2.19. The van der Waals surface area contributed by atoms with Crippen LogP contribution in [0.5, 0.6) is 0 Å². The summed E-state index contributed by atoms with van der Waals surface area (Å²) in [5, 5.41) is 10.7. The molecule has 5 nitrogen and oxygen atoms in total. The minimum absolute atomic E-state index is 0.0332. The molecule has 0 spiro atoms. The summed E-state index contributed by atoms with van der Waals surface area (Å²) < 4.78 is 26.9. The molecule has 2 heterocycles. The summed E-state index contributed by atoms with van der Waals surface area (Å²) in [4.78, 5) is 4.33. The highest BCUT2D eigenvalue weighted by atomic mass is 32.2. The maximum atomic E-state index is 12.7. The number of hydrogen-bond donors (Lipinski definition) is 1. The molecule has 1 aromatic heterocycles. The van der Waals surface area contributed by atoms with Gasteiger partial charge in [-0.1, -0.05) is 12.1 Å². The molecule has 1 fully saturated rings. The molecule has 20 heavy (non-hydrogen) atoms. The number of benzene rings is 1. The van der Waals surface area contributed by atoms with E-state index < -0.39 is 10.0 Å². The number of rotatable bonds is 3. The van der Waals surface area contributed by atoms with Crippen LogP contribution >= 0.6 is 0 Å². The molecule has 0 saturated carbocycles. The van der Waals surface area contributed by atoms with E-state index in [-0.39, 0.29) is 12.5 Å². The van der Waals surface area contributed by atoms with Crippen molar-refractivity contribution in [2.45, 2.75) is 11.3 Å². The summed E-state index contributed by atoms with van der Waals surface area (Å²) in [7, 11) is -3.51. The third-order valence-electron chi connectivity index (χ3n) is 3.77. The number of aromatic nitrogens is 1. The van der Waals surface area contributed by atoms with Crippen molar-refractivity contribution in [3.8, 4) is 0 Å². The Morgan fingerprint density at radius 1 is 1.35 bits per heavy atom. The molecule has 3 rings (SSSR count). The molecule has 1 N–H and O–H groups in total. The average Bonchev–Trinajstić information content (AvgIpc) is 2.96. The van der Waals surface area contributed by atoms with Crippen LogP contribution in [0.3, 0.4) is 0 Å². The monoisotopic (exact) mass is 292 g/mol. The van der Waals surface area contributed by atoms with Gasteiger partial charge in [-0.15, -0.1) is 0 Å². The van der Waals surface area contributed by atoms with Gasteiger partial charge in [-0.25, -0.2) is 8.42 Å². The summed E-state index contributed by atoms with van der Waals surface area (Å²) in [5.41, 5.74) is 0. The molecule has 1 saturated heterocycles. The first-order chi connectivity index (χ1) is 9.63. The normalized spacial score (nSPS) is 20.6. The van der Waals surface area contributed by atoms with Gasteiger partial charge in [0.15, 0.2) is 0 Å². The van der Waals surface area contributed by atoms with Gasteiger partial charge in [-0.2, -0.15) is 4.31 Å². The molecule has 0 radical (unpaired) electrons. The molecular weight excluding hydrogens is 276 g/mol. The Morgan fingerprint density at radius 2 is 2.20 bits per heavy atom. The SMILES string of the molecule is O=S(=O)(c1cccc2cnccc12)N1CCC(CO)C1. The molecule has 0 aliphatic carbocycles. The lowest BCUT2D eigenvalue weighted by molar-refractivity contribution is 0.233. The lowest BCUT2D eigenvalue weighted by atomic mass is 10.1. The molecule has 1 aliphatic rings. The first kappa shape index (κ1) is 13.5. The van der Waals surface area contributed by atoms with Crippen molar-refractivity contribution in [1.29, 1.82) is 0 Å². The topological polar surface area (TPSA) is 70.5 Å². The number of sulfonamides is 1. The van der Waals surface area contributed by atoms with Crippen LogP contribution < -0.4 is 0 Å². The summed E-state index contributed by atoms with van der Waals surface area (Å²) >= 11 is 0. The molecule has 0 amide bonds. The molecular formula is C14H16N2O3S. The lowest BCUT2D eigenvalue weighted by Gasteiger charge is -2.17. The van der Waals surface area contributed by atoms with Gasteiger partial charge in [0.05, 0.1) is 4.90 Å². The fourth-order valence-corrected chi connectivity index (χ4v) is 4.37. The summed E-state index contributed by atoms with van der Waals surface area (Å²) in [5.74, 6) is 0.0430. The number of nitrogens with zero attached hydrogens (tertiary/aromatic N) is 2. The quantitative estimate of drug-likeness (QED) is 0.924. The first-order valence-electron chi connectivity index (χ1n) is 6.56. The molecule has 2 aromatic rings. The fraction of sp³-hybridized carbons (Fsp3) is 0.357. The number of pyridine rings is 1. The van der Waals surface area contributed by atoms with E-state index in [0.717, 1.165) is 5.39 Å². The fourth-order valence-electron chi connectivity index (χ4n) is 2.62. The van der Waals surface area contributed by atoms with Gasteiger partial charge in [-0.3, -0.25) is 4.98 Å². The first-order valence-corrected chi connectivity index (χ1v) is 8.00. The zero-order valence-electron chi connectivity index (χ0n) is 10.9. The number of aliphatic hydroxyl groups is 1. The average molecular weight is 292 g/mol.